The maximum atomic E-state index is 6.41. The van der Waals surface area contributed by atoms with E-state index in [2.05, 4.69) is 31.0 Å². The highest BCUT2D eigenvalue weighted by atomic mass is 32.2. The van der Waals surface area contributed by atoms with Crippen molar-refractivity contribution in [2.75, 3.05) is 25.7 Å². The number of thioether (sulfide) groups is 1. The topological polar surface area (TPSA) is 38.5 Å². The van der Waals surface area contributed by atoms with E-state index in [4.69, 9.17) is 10.5 Å². The van der Waals surface area contributed by atoms with Crippen LogP contribution in [-0.4, -0.2) is 42.6 Å². The summed E-state index contributed by atoms with van der Waals surface area (Å²) in [5.41, 5.74) is 7.70. The lowest BCUT2D eigenvalue weighted by Gasteiger charge is -2.36. The van der Waals surface area contributed by atoms with Crippen LogP contribution in [0.25, 0.3) is 0 Å². The van der Waals surface area contributed by atoms with Gasteiger partial charge in [-0.3, -0.25) is 4.90 Å². The Morgan fingerprint density at radius 3 is 2.60 bits per heavy atom. The van der Waals surface area contributed by atoms with Crippen molar-refractivity contribution in [1.29, 1.82) is 0 Å². The molecule has 3 atom stereocenters. The van der Waals surface area contributed by atoms with E-state index < -0.39 is 0 Å². The van der Waals surface area contributed by atoms with Gasteiger partial charge in [-0.2, -0.15) is 11.8 Å². The molecule has 0 radical (unpaired) electrons. The first-order chi connectivity index (χ1) is 9.67. The Labute approximate surface area is 126 Å². The number of benzene rings is 1. The van der Waals surface area contributed by atoms with Crippen LogP contribution in [0.1, 0.15) is 31.4 Å². The van der Waals surface area contributed by atoms with Gasteiger partial charge < -0.3 is 10.5 Å². The minimum Gasteiger partial charge on any atom is -0.497 e. The number of likely N-dealkylation sites (N-methyl/N-ethyl adjacent to an activating group) is 1. The molecule has 0 aliphatic carbocycles. The summed E-state index contributed by atoms with van der Waals surface area (Å²) in [5.74, 6) is 3.39. The van der Waals surface area contributed by atoms with Gasteiger partial charge in [0, 0.05) is 23.9 Å². The lowest BCUT2D eigenvalue weighted by Crippen LogP contribution is -2.44. The first kappa shape index (κ1) is 15.7. The molecule has 1 aliphatic rings. The molecular weight excluding hydrogens is 268 g/mol. The number of rotatable bonds is 6. The Morgan fingerprint density at radius 2 is 2.10 bits per heavy atom. The molecule has 1 fully saturated rings. The zero-order valence-electron chi connectivity index (χ0n) is 12.7. The Balaban J connectivity index is 2.21. The SMILES string of the molecule is CCC(N)C(c1ccc(OC)cc1)N(C)C1CCSC1. The molecule has 0 aromatic heterocycles. The summed E-state index contributed by atoms with van der Waals surface area (Å²) in [6, 6.07) is 9.46. The van der Waals surface area contributed by atoms with Crippen molar-refractivity contribution in [2.45, 2.75) is 37.9 Å². The summed E-state index contributed by atoms with van der Waals surface area (Å²) in [6.07, 6.45) is 2.26. The predicted octanol–water partition coefficient (Wildman–Crippen LogP) is 2.91. The zero-order valence-corrected chi connectivity index (χ0v) is 13.5. The van der Waals surface area contributed by atoms with Gasteiger partial charge >= 0.3 is 0 Å². The van der Waals surface area contributed by atoms with Crippen LogP contribution in [0.5, 0.6) is 5.75 Å². The number of hydrogen-bond donors (Lipinski definition) is 1. The lowest BCUT2D eigenvalue weighted by atomic mass is 9.95. The Hall–Kier alpha value is -0.710. The molecule has 1 aliphatic heterocycles. The van der Waals surface area contributed by atoms with Crippen molar-refractivity contribution in [3.05, 3.63) is 29.8 Å². The average molecular weight is 294 g/mol. The van der Waals surface area contributed by atoms with Gasteiger partial charge in [0.1, 0.15) is 5.75 Å². The fourth-order valence-electron chi connectivity index (χ4n) is 2.88. The van der Waals surface area contributed by atoms with Crippen LogP contribution in [-0.2, 0) is 0 Å². The zero-order chi connectivity index (χ0) is 14.5. The minimum absolute atomic E-state index is 0.166. The second kappa shape index (κ2) is 7.34. The van der Waals surface area contributed by atoms with Crippen LogP contribution >= 0.6 is 11.8 Å². The van der Waals surface area contributed by atoms with E-state index in [9.17, 15) is 0 Å². The first-order valence-corrected chi connectivity index (χ1v) is 8.52. The fourth-order valence-corrected chi connectivity index (χ4v) is 4.16. The summed E-state index contributed by atoms with van der Waals surface area (Å²) in [7, 11) is 3.92. The molecule has 0 amide bonds. The second-order valence-corrected chi connectivity index (χ2v) is 6.62. The summed E-state index contributed by atoms with van der Waals surface area (Å²) < 4.78 is 5.25. The highest BCUT2D eigenvalue weighted by Crippen LogP contribution is 2.31. The smallest absolute Gasteiger partial charge is 0.118 e. The van der Waals surface area contributed by atoms with E-state index in [0.29, 0.717) is 6.04 Å². The molecule has 112 valence electrons. The molecule has 0 spiro atoms. The molecule has 0 saturated carbocycles. The van der Waals surface area contributed by atoms with Gasteiger partial charge in [-0.15, -0.1) is 0 Å². The number of methoxy groups -OCH3 is 1. The molecule has 2 N–H and O–H groups in total. The number of hydrogen-bond acceptors (Lipinski definition) is 4. The van der Waals surface area contributed by atoms with Crippen LogP contribution in [0.4, 0.5) is 0 Å². The predicted molar refractivity (Wildman–Crippen MR) is 87.5 cm³/mol. The Kier molecular flexibility index (Phi) is 5.75. The molecule has 2 rings (SSSR count). The Morgan fingerprint density at radius 1 is 1.40 bits per heavy atom. The maximum absolute atomic E-state index is 6.41. The van der Waals surface area contributed by atoms with E-state index in [-0.39, 0.29) is 12.1 Å². The van der Waals surface area contributed by atoms with E-state index in [1.54, 1.807) is 7.11 Å². The number of nitrogens with two attached hydrogens (primary N) is 1. The van der Waals surface area contributed by atoms with Gasteiger partial charge in [0.25, 0.3) is 0 Å². The summed E-state index contributed by atoms with van der Waals surface area (Å²) in [6.45, 7) is 2.17. The molecule has 1 saturated heterocycles. The molecule has 3 unspecified atom stereocenters. The summed E-state index contributed by atoms with van der Waals surface area (Å²) in [5, 5.41) is 0. The van der Waals surface area contributed by atoms with Crippen LogP contribution in [0.15, 0.2) is 24.3 Å². The van der Waals surface area contributed by atoms with Gasteiger partial charge in [0.15, 0.2) is 0 Å². The third-order valence-electron chi connectivity index (χ3n) is 4.25. The van der Waals surface area contributed by atoms with Crippen LogP contribution in [0.3, 0.4) is 0 Å². The molecule has 1 heterocycles. The van der Waals surface area contributed by atoms with Gasteiger partial charge in [-0.25, -0.2) is 0 Å². The normalized spacial score (nSPS) is 21.9. The highest BCUT2D eigenvalue weighted by molar-refractivity contribution is 7.99. The van der Waals surface area contributed by atoms with Crippen molar-refractivity contribution >= 4 is 11.8 Å². The molecule has 1 aromatic rings. The minimum atomic E-state index is 0.166. The quantitative estimate of drug-likeness (QED) is 0.875. The molecule has 0 bridgehead atoms. The summed E-state index contributed by atoms with van der Waals surface area (Å²) >= 11 is 2.05. The van der Waals surface area contributed by atoms with Gasteiger partial charge in [0.2, 0.25) is 0 Å². The third kappa shape index (κ3) is 3.48. The standard InChI is InChI=1S/C16H26N2OS/c1-4-15(17)16(18(2)13-9-10-20-11-13)12-5-7-14(19-3)8-6-12/h5-8,13,15-16H,4,9-11,17H2,1-3H3. The number of nitrogens with zero attached hydrogens (tertiary/aromatic N) is 1. The van der Waals surface area contributed by atoms with Gasteiger partial charge in [-0.1, -0.05) is 19.1 Å². The van der Waals surface area contributed by atoms with Crippen molar-refractivity contribution in [1.82, 2.24) is 4.90 Å². The van der Waals surface area contributed by atoms with Crippen LogP contribution in [0, 0.1) is 0 Å². The highest BCUT2D eigenvalue weighted by Gasteiger charge is 2.30. The van der Waals surface area contributed by atoms with E-state index in [1.165, 1.54) is 23.5 Å². The van der Waals surface area contributed by atoms with E-state index >= 15 is 0 Å². The molecule has 20 heavy (non-hydrogen) atoms. The van der Waals surface area contributed by atoms with Crippen LogP contribution < -0.4 is 10.5 Å². The van der Waals surface area contributed by atoms with E-state index in [0.717, 1.165) is 12.2 Å². The molecule has 1 aromatic carbocycles. The molecular formula is C16H26N2OS. The monoisotopic (exact) mass is 294 g/mol. The van der Waals surface area contributed by atoms with E-state index in [1.807, 2.05) is 23.9 Å². The average Bonchev–Trinajstić information content (AvgIpc) is 3.02. The number of ether oxygens (including phenoxy) is 1. The fraction of sp³-hybridized carbons (Fsp3) is 0.625. The summed E-state index contributed by atoms with van der Waals surface area (Å²) in [4.78, 5) is 2.48. The van der Waals surface area contributed by atoms with Gasteiger partial charge in [-0.05, 0) is 43.3 Å². The van der Waals surface area contributed by atoms with Crippen molar-refractivity contribution < 1.29 is 4.74 Å². The van der Waals surface area contributed by atoms with Crippen molar-refractivity contribution in [2.24, 2.45) is 5.73 Å². The Bertz CT molecular complexity index is 403. The van der Waals surface area contributed by atoms with Gasteiger partial charge in [0.05, 0.1) is 7.11 Å². The van der Waals surface area contributed by atoms with Crippen molar-refractivity contribution in [3.63, 3.8) is 0 Å². The maximum Gasteiger partial charge on any atom is 0.118 e. The first-order valence-electron chi connectivity index (χ1n) is 7.36. The largest absolute Gasteiger partial charge is 0.497 e. The van der Waals surface area contributed by atoms with Crippen LogP contribution in [0.2, 0.25) is 0 Å². The molecule has 4 heteroatoms. The van der Waals surface area contributed by atoms with Crippen molar-refractivity contribution in [3.8, 4) is 5.75 Å². The second-order valence-electron chi connectivity index (χ2n) is 5.47. The molecule has 3 nitrogen and oxygen atoms in total. The lowest BCUT2D eigenvalue weighted by molar-refractivity contribution is 0.161. The third-order valence-corrected chi connectivity index (χ3v) is 5.40.